The summed E-state index contributed by atoms with van der Waals surface area (Å²) in [6, 6.07) is 13.9. The van der Waals surface area contributed by atoms with Gasteiger partial charge in [-0.1, -0.05) is 30.3 Å². The fraction of sp³-hybridized carbons (Fsp3) is 0.429. The molecule has 2 aromatic heterocycles. The highest BCUT2D eigenvalue weighted by Gasteiger charge is 2.13. The van der Waals surface area contributed by atoms with Gasteiger partial charge in [0, 0.05) is 32.5 Å². The van der Waals surface area contributed by atoms with E-state index in [9.17, 15) is 4.79 Å². The fourth-order valence-electron chi connectivity index (χ4n) is 3.55. The van der Waals surface area contributed by atoms with E-state index in [4.69, 9.17) is 0 Å². The van der Waals surface area contributed by atoms with E-state index in [1.807, 2.05) is 30.3 Å². The Morgan fingerprint density at radius 3 is 2.69 bits per heavy atom. The molecule has 2 N–H and O–H groups in total. The Hall–Kier alpha value is -3.00. The third-order valence-corrected chi connectivity index (χ3v) is 5.17. The van der Waals surface area contributed by atoms with Crippen molar-refractivity contribution in [1.29, 1.82) is 0 Å². The van der Waals surface area contributed by atoms with Crippen molar-refractivity contribution in [3.63, 3.8) is 0 Å². The number of aromatic nitrogens is 4. The predicted molar refractivity (Wildman–Crippen MR) is 112 cm³/mol. The van der Waals surface area contributed by atoms with Gasteiger partial charge in [0.15, 0.2) is 11.5 Å². The van der Waals surface area contributed by atoms with Crippen LogP contribution in [0.25, 0.3) is 5.65 Å². The molecule has 1 aromatic carbocycles. The summed E-state index contributed by atoms with van der Waals surface area (Å²) in [4.78, 5) is 14.5. The summed E-state index contributed by atoms with van der Waals surface area (Å²) < 4.78 is 1.71. The van der Waals surface area contributed by atoms with Crippen molar-refractivity contribution in [3.8, 4) is 0 Å². The van der Waals surface area contributed by atoms with E-state index in [1.54, 1.807) is 4.52 Å². The summed E-state index contributed by atoms with van der Waals surface area (Å²) >= 11 is 0. The maximum absolute atomic E-state index is 12.2. The van der Waals surface area contributed by atoms with Gasteiger partial charge in [-0.15, -0.1) is 15.3 Å². The molecule has 8 nitrogen and oxygen atoms in total. The van der Waals surface area contributed by atoms with Crippen LogP contribution in [0.3, 0.4) is 0 Å². The topological polar surface area (TPSA) is 87.5 Å². The number of hydrogen-bond acceptors (Lipinski definition) is 6. The summed E-state index contributed by atoms with van der Waals surface area (Å²) in [7, 11) is 0. The van der Waals surface area contributed by atoms with Gasteiger partial charge in [0.1, 0.15) is 5.82 Å². The van der Waals surface area contributed by atoms with Crippen LogP contribution in [0, 0.1) is 0 Å². The van der Waals surface area contributed by atoms with Crippen LogP contribution in [-0.2, 0) is 17.8 Å². The van der Waals surface area contributed by atoms with E-state index < -0.39 is 0 Å². The predicted octanol–water partition coefficient (Wildman–Crippen LogP) is 1.88. The Balaban J connectivity index is 1.29. The zero-order chi connectivity index (χ0) is 19.9. The molecular weight excluding hydrogens is 366 g/mol. The second-order valence-corrected chi connectivity index (χ2v) is 7.34. The van der Waals surface area contributed by atoms with Crippen LogP contribution in [0.1, 0.15) is 30.7 Å². The lowest BCUT2D eigenvalue weighted by molar-refractivity contribution is -0.121. The SMILES string of the molecule is O=C(CCc1nnc2ccc(NCc3ccccc3)nn12)NCCN1CCCC1. The van der Waals surface area contributed by atoms with E-state index in [1.165, 1.54) is 18.4 Å². The molecule has 0 atom stereocenters. The molecule has 1 fully saturated rings. The van der Waals surface area contributed by atoms with Crippen LogP contribution in [0.4, 0.5) is 5.82 Å². The molecule has 8 heteroatoms. The van der Waals surface area contributed by atoms with Crippen LogP contribution >= 0.6 is 0 Å². The van der Waals surface area contributed by atoms with E-state index in [0.717, 1.165) is 25.5 Å². The Bertz CT molecular complexity index is 935. The monoisotopic (exact) mass is 393 g/mol. The molecule has 0 radical (unpaired) electrons. The molecule has 0 bridgehead atoms. The number of carbonyl (C=O) groups excluding carboxylic acids is 1. The molecular formula is C21H27N7O. The lowest BCUT2D eigenvalue weighted by atomic mass is 10.2. The van der Waals surface area contributed by atoms with Gasteiger partial charge >= 0.3 is 0 Å². The normalized spacial score (nSPS) is 14.3. The van der Waals surface area contributed by atoms with Crippen molar-refractivity contribution in [1.82, 2.24) is 30.0 Å². The minimum atomic E-state index is 0.0410. The fourth-order valence-corrected chi connectivity index (χ4v) is 3.55. The van der Waals surface area contributed by atoms with Gasteiger partial charge in [-0.2, -0.15) is 4.52 Å². The minimum absolute atomic E-state index is 0.0410. The highest BCUT2D eigenvalue weighted by molar-refractivity contribution is 5.76. The highest BCUT2D eigenvalue weighted by Crippen LogP contribution is 2.10. The number of fused-ring (bicyclic) bond motifs is 1. The maximum atomic E-state index is 12.2. The molecule has 1 aliphatic rings. The minimum Gasteiger partial charge on any atom is -0.365 e. The molecule has 1 aliphatic heterocycles. The van der Waals surface area contributed by atoms with Crippen LogP contribution < -0.4 is 10.6 Å². The van der Waals surface area contributed by atoms with Gasteiger partial charge in [-0.25, -0.2) is 0 Å². The van der Waals surface area contributed by atoms with Crippen molar-refractivity contribution in [3.05, 3.63) is 53.9 Å². The summed E-state index contributed by atoms with van der Waals surface area (Å²) in [5.41, 5.74) is 1.86. The number of nitrogens with zero attached hydrogens (tertiary/aromatic N) is 5. The van der Waals surface area contributed by atoms with E-state index in [2.05, 4.69) is 43.0 Å². The largest absolute Gasteiger partial charge is 0.365 e. The van der Waals surface area contributed by atoms with E-state index in [-0.39, 0.29) is 5.91 Å². The van der Waals surface area contributed by atoms with Crippen molar-refractivity contribution in [2.75, 3.05) is 31.5 Å². The number of rotatable bonds is 9. The first kappa shape index (κ1) is 19.3. The van der Waals surface area contributed by atoms with Crippen LogP contribution in [0.15, 0.2) is 42.5 Å². The van der Waals surface area contributed by atoms with Gasteiger partial charge < -0.3 is 15.5 Å². The standard InChI is InChI=1S/C21H27N7O/c29-21(22-12-15-27-13-4-5-14-27)11-10-20-25-24-19-9-8-18(26-28(19)20)23-16-17-6-2-1-3-7-17/h1-3,6-9H,4-5,10-16H2,(H,22,29)(H,23,26). The molecule has 4 rings (SSSR count). The molecule has 1 amide bonds. The Labute approximate surface area is 170 Å². The smallest absolute Gasteiger partial charge is 0.220 e. The number of likely N-dealkylation sites (tertiary alicyclic amines) is 1. The summed E-state index contributed by atoms with van der Waals surface area (Å²) in [6.07, 6.45) is 3.42. The average molecular weight is 393 g/mol. The zero-order valence-electron chi connectivity index (χ0n) is 16.5. The Kier molecular flexibility index (Phi) is 6.31. The molecule has 3 aromatic rings. The van der Waals surface area contributed by atoms with Gasteiger partial charge in [0.2, 0.25) is 5.91 Å². The van der Waals surface area contributed by atoms with E-state index in [0.29, 0.717) is 37.4 Å². The first-order chi connectivity index (χ1) is 14.3. The quantitative estimate of drug-likeness (QED) is 0.577. The summed E-state index contributed by atoms with van der Waals surface area (Å²) in [6.45, 7) is 4.61. The van der Waals surface area contributed by atoms with Crippen molar-refractivity contribution in [2.45, 2.75) is 32.2 Å². The molecule has 0 unspecified atom stereocenters. The number of hydrogen-bond donors (Lipinski definition) is 2. The van der Waals surface area contributed by atoms with Gasteiger partial charge in [-0.3, -0.25) is 4.79 Å². The van der Waals surface area contributed by atoms with Crippen molar-refractivity contribution in [2.24, 2.45) is 0 Å². The third-order valence-electron chi connectivity index (χ3n) is 5.17. The third kappa shape index (κ3) is 5.29. The second-order valence-electron chi connectivity index (χ2n) is 7.34. The number of carbonyl (C=O) groups is 1. The zero-order valence-corrected chi connectivity index (χ0v) is 16.5. The number of aryl methyl sites for hydroxylation is 1. The molecule has 3 heterocycles. The van der Waals surface area contributed by atoms with Crippen molar-refractivity contribution < 1.29 is 4.79 Å². The number of benzene rings is 1. The second kappa shape index (κ2) is 9.47. The summed E-state index contributed by atoms with van der Waals surface area (Å²) in [5.74, 6) is 1.48. The number of amides is 1. The van der Waals surface area contributed by atoms with Crippen LogP contribution in [-0.4, -0.2) is 56.8 Å². The number of nitrogens with one attached hydrogen (secondary N) is 2. The summed E-state index contributed by atoms with van der Waals surface area (Å²) in [5, 5.41) is 19.3. The molecule has 0 saturated carbocycles. The Morgan fingerprint density at radius 2 is 1.86 bits per heavy atom. The molecule has 152 valence electrons. The van der Waals surface area contributed by atoms with Gasteiger partial charge in [-0.05, 0) is 43.6 Å². The lowest BCUT2D eigenvalue weighted by Crippen LogP contribution is -2.33. The first-order valence-electron chi connectivity index (χ1n) is 10.3. The van der Waals surface area contributed by atoms with Crippen LogP contribution in [0.5, 0.6) is 0 Å². The molecule has 29 heavy (non-hydrogen) atoms. The van der Waals surface area contributed by atoms with Gasteiger partial charge in [0.05, 0.1) is 0 Å². The first-order valence-corrected chi connectivity index (χ1v) is 10.3. The van der Waals surface area contributed by atoms with Crippen molar-refractivity contribution >= 4 is 17.4 Å². The molecule has 1 saturated heterocycles. The number of anilines is 1. The average Bonchev–Trinajstić information content (AvgIpc) is 3.41. The molecule has 0 spiro atoms. The lowest BCUT2D eigenvalue weighted by Gasteiger charge is -2.14. The highest BCUT2D eigenvalue weighted by atomic mass is 16.1. The van der Waals surface area contributed by atoms with E-state index >= 15 is 0 Å². The molecule has 0 aliphatic carbocycles. The Morgan fingerprint density at radius 1 is 1.03 bits per heavy atom. The maximum Gasteiger partial charge on any atom is 0.220 e. The van der Waals surface area contributed by atoms with Gasteiger partial charge in [0.25, 0.3) is 0 Å². The van der Waals surface area contributed by atoms with Crippen LogP contribution in [0.2, 0.25) is 0 Å².